The fourth-order valence-corrected chi connectivity index (χ4v) is 3.86. The molecule has 3 N–H and O–H groups in total. The van der Waals surface area contributed by atoms with E-state index in [0.29, 0.717) is 0 Å². The standard InChI is InChI=1S/C18H13Cl2FN4O4S/c1-9-14(21)6-10(17(22)26)7-15(9)24-30(28,29)12-4-2-11(3-5-12)25-18(27)16(20)13(19)8-23-25/h2-8,24H,1H3,(H2,22,26). The second kappa shape index (κ2) is 8.05. The van der Waals surface area contributed by atoms with Gasteiger partial charge in [-0.15, -0.1) is 0 Å². The molecule has 1 aromatic heterocycles. The highest BCUT2D eigenvalue weighted by Crippen LogP contribution is 2.24. The second-order valence-corrected chi connectivity index (χ2v) is 8.59. The highest BCUT2D eigenvalue weighted by molar-refractivity contribution is 7.92. The van der Waals surface area contributed by atoms with Crippen LogP contribution in [0.2, 0.25) is 10.0 Å². The normalized spacial score (nSPS) is 11.3. The predicted molar refractivity (Wildman–Crippen MR) is 110 cm³/mol. The van der Waals surface area contributed by atoms with Crippen LogP contribution in [0.4, 0.5) is 10.1 Å². The van der Waals surface area contributed by atoms with Gasteiger partial charge in [-0.25, -0.2) is 12.8 Å². The molecule has 0 unspecified atom stereocenters. The number of primary amides is 1. The molecule has 0 radical (unpaired) electrons. The monoisotopic (exact) mass is 470 g/mol. The maximum Gasteiger partial charge on any atom is 0.291 e. The van der Waals surface area contributed by atoms with E-state index >= 15 is 0 Å². The minimum absolute atomic E-state index is 0.00764. The third-order valence-corrected chi connectivity index (χ3v) is 6.27. The number of carbonyl (C=O) groups is 1. The summed E-state index contributed by atoms with van der Waals surface area (Å²) < 4.78 is 42.6. The van der Waals surface area contributed by atoms with E-state index in [1.54, 1.807) is 0 Å². The van der Waals surface area contributed by atoms with Gasteiger partial charge in [0.15, 0.2) is 0 Å². The number of anilines is 1. The van der Waals surface area contributed by atoms with Crippen molar-refractivity contribution in [1.82, 2.24) is 9.78 Å². The molecule has 0 bridgehead atoms. The van der Waals surface area contributed by atoms with Gasteiger partial charge in [-0.2, -0.15) is 9.78 Å². The van der Waals surface area contributed by atoms with Gasteiger partial charge in [0.05, 0.1) is 27.5 Å². The number of aromatic nitrogens is 2. The van der Waals surface area contributed by atoms with Gasteiger partial charge in [-0.05, 0) is 43.3 Å². The van der Waals surface area contributed by atoms with Crippen LogP contribution in [-0.2, 0) is 10.0 Å². The Hall–Kier alpha value is -2.95. The van der Waals surface area contributed by atoms with Gasteiger partial charge in [0.1, 0.15) is 10.8 Å². The van der Waals surface area contributed by atoms with E-state index in [0.717, 1.165) is 16.8 Å². The lowest BCUT2D eigenvalue weighted by atomic mass is 10.1. The molecular weight excluding hydrogens is 458 g/mol. The quantitative estimate of drug-likeness (QED) is 0.592. The summed E-state index contributed by atoms with van der Waals surface area (Å²) in [7, 11) is -4.14. The summed E-state index contributed by atoms with van der Waals surface area (Å²) in [4.78, 5) is 23.3. The van der Waals surface area contributed by atoms with Crippen molar-refractivity contribution in [1.29, 1.82) is 0 Å². The number of hydrogen-bond acceptors (Lipinski definition) is 5. The molecule has 0 atom stereocenters. The predicted octanol–water partition coefficient (Wildman–Crippen LogP) is 2.89. The van der Waals surface area contributed by atoms with Crippen molar-refractivity contribution in [3.8, 4) is 5.69 Å². The van der Waals surface area contributed by atoms with E-state index < -0.39 is 27.3 Å². The van der Waals surface area contributed by atoms with Gasteiger partial charge in [-0.3, -0.25) is 14.3 Å². The molecule has 3 aromatic rings. The van der Waals surface area contributed by atoms with Crippen LogP contribution in [0, 0.1) is 12.7 Å². The molecule has 0 fully saturated rings. The third-order valence-electron chi connectivity index (χ3n) is 4.14. The van der Waals surface area contributed by atoms with E-state index in [4.69, 9.17) is 28.9 Å². The Kier molecular flexibility index (Phi) is 5.84. The molecular formula is C18H13Cl2FN4O4S. The fraction of sp³-hybridized carbons (Fsp3) is 0.0556. The van der Waals surface area contributed by atoms with Crippen LogP contribution in [0.1, 0.15) is 15.9 Å². The average molecular weight is 471 g/mol. The van der Waals surface area contributed by atoms with Crippen LogP contribution in [0.3, 0.4) is 0 Å². The minimum Gasteiger partial charge on any atom is -0.366 e. The fourth-order valence-electron chi connectivity index (χ4n) is 2.49. The molecule has 1 heterocycles. The van der Waals surface area contributed by atoms with Gasteiger partial charge >= 0.3 is 0 Å². The highest BCUT2D eigenvalue weighted by atomic mass is 35.5. The zero-order valence-corrected chi connectivity index (χ0v) is 17.5. The highest BCUT2D eigenvalue weighted by Gasteiger charge is 2.19. The molecule has 0 saturated carbocycles. The van der Waals surface area contributed by atoms with Crippen LogP contribution in [-0.4, -0.2) is 24.1 Å². The number of sulfonamides is 1. The largest absolute Gasteiger partial charge is 0.366 e. The van der Waals surface area contributed by atoms with E-state index in [2.05, 4.69) is 9.82 Å². The Morgan fingerprint density at radius 3 is 2.43 bits per heavy atom. The first-order valence-electron chi connectivity index (χ1n) is 8.18. The Balaban J connectivity index is 1.96. The topological polar surface area (TPSA) is 124 Å². The first-order valence-corrected chi connectivity index (χ1v) is 10.4. The van der Waals surface area contributed by atoms with E-state index in [9.17, 15) is 22.4 Å². The van der Waals surface area contributed by atoms with E-state index in [1.165, 1.54) is 37.4 Å². The summed E-state index contributed by atoms with van der Waals surface area (Å²) >= 11 is 11.6. The minimum atomic E-state index is -4.14. The molecule has 3 rings (SSSR count). The van der Waals surface area contributed by atoms with E-state index in [-0.39, 0.29) is 37.4 Å². The van der Waals surface area contributed by atoms with Gasteiger partial charge < -0.3 is 5.73 Å². The van der Waals surface area contributed by atoms with Crippen molar-refractivity contribution in [2.45, 2.75) is 11.8 Å². The molecule has 0 aliphatic heterocycles. The molecule has 0 spiro atoms. The average Bonchev–Trinajstić information content (AvgIpc) is 2.69. The molecule has 0 aliphatic carbocycles. The number of hydrogen-bond donors (Lipinski definition) is 2. The van der Waals surface area contributed by atoms with E-state index in [1.807, 2.05) is 0 Å². The number of halogens is 3. The summed E-state index contributed by atoms with van der Waals surface area (Å²) in [6.45, 7) is 1.35. The number of rotatable bonds is 5. The number of benzene rings is 2. The van der Waals surface area contributed by atoms with Gasteiger partial charge in [0, 0.05) is 11.1 Å². The van der Waals surface area contributed by atoms with Crippen molar-refractivity contribution in [2.24, 2.45) is 5.73 Å². The van der Waals surface area contributed by atoms with Crippen LogP contribution in [0.15, 0.2) is 52.3 Å². The zero-order valence-electron chi connectivity index (χ0n) is 15.2. The SMILES string of the molecule is Cc1c(F)cc(C(N)=O)cc1NS(=O)(=O)c1ccc(-n2ncc(Cl)c(Cl)c2=O)cc1. The number of nitrogens with zero attached hydrogens (tertiary/aromatic N) is 2. The van der Waals surface area contributed by atoms with Gasteiger partial charge in [0.2, 0.25) is 5.91 Å². The van der Waals surface area contributed by atoms with Crippen molar-refractivity contribution in [3.63, 3.8) is 0 Å². The molecule has 1 amide bonds. The molecule has 8 nitrogen and oxygen atoms in total. The molecule has 0 aliphatic rings. The molecule has 0 saturated heterocycles. The van der Waals surface area contributed by atoms with Gasteiger partial charge in [0.25, 0.3) is 15.6 Å². The van der Waals surface area contributed by atoms with Crippen LogP contribution >= 0.6 is 23.2 Å². The smallest absolute Gasteiger partial charge is 0.291 e. The Bertz CT molecular complexity index is 1330. The Morgan fingerprint density at radius 1 is 1.20 bits per heavy atom. The molecule has 12 heteroatoms. The number of carbonyl (C=O) groups excluding carboxylic acids is 1. The van der Waals surface area contributed by atoms with Crippen LogP contribution in [0.25, 0.3) is 5.69 Å². The number of nitrogens with one attached hydrogen (secondary N) is 1. The van der Waals surface area contributed by atoms with Crippen LogP contribution in [0.5, 0.6) is 0 Å². The lowest BCUT2D eigenvalue weighted by Crippen LogP contribution is -2.21. The first kappa shape index (κ1) is 21.8. The maximum absolute atomic E-state index is 14.0. The number of amides is 1. The summed E-state index contributed by atoms with van der Waals surface area (Å²) in [6.07, 6.45) is 1.18. The lowest BCUT2D eigenvalue weighted by molar-refractivity contribution is 0.1000. The maximum atomic E-state index is 14.0. The van der Waals surface area contributed by atoms with Crippen LogP contribution < -0.4 is 16.0 Å². The summed E-state index contributed by atoms with van der Waals surface area (Å²) in [5.41, 5.74) is 4.40. The molecule has 156 valence electrons. The molecule has 2 aromatic carbocycles. The summed E-state index contributed by atoms with van der Waals surface area (Å²) in [6, 6.07) is 7.18. The third kappa shape index (κ3) is 4.16. The van der Waals surface area contributed by atoms with Crippen molar-refractivity contribution in [2.75, 3.05) is 4.72 Å². The number of nitrogens with two attached hydrogens (primary N) is 1. The zero-order chi connectivity index (χ0) is 22.2. The summed E-state index contributed by atoms with van der Waals surface area (Å²) in [5.74, 6) is -1.69. The lowest BCUT2D eigenvalue weighted by Gasteiger charge is -2.13. The Morgan fingerprint density at radius 2 is 1.83 bits per heavy atom. The Labute approximate surface area is 180 Å². The molecule has 30 heavy (non-hydrogen) atoms. The first-order chi connectivity index (χ1) is 14.0. The van der Waals surface area contributed by atoms with Gasteiger partial charge in [-0.1, -0.05) is 23.2 Å². The second-order valence-electron chi connectivity index (χ2n) is 6.12. The summed E-state index contributed by atoms with van der Waals surface area (Å²) in [5, 5.41) is 3.62. The van der Waals surface area contributed by atoms with Crippen molar-refractivity contribution >= 4 is 44.8 Å². The van der Waals surface area contributed by atoms with Crippen molar-refractivity contribution < 1.29 is 17.6 Å². The van der Waals surface area contributed by atoms with Crippen molar-refractivity contribution in [3.05, 3.63) is 79.9 Å².